The molecule has 0 radical (unpaired) electrons. The molecular weight excluding hydrogens is 240 g/mol. The number of benzene rings is 1. The summed E-state index contributed by atoms with van der Waals surface area (Å²) >= 11 is 0. The van der Waals surface area contributed by atoms with Crippen molar-refractivity contribution in [2.45, 2.75) is 32.2 Å². The summed E-state index contributed by atoms with van der Waals surface area (Å²) in [5.41, 5.74) is 1.90. The molecule has 2 rings (SSSR count). The first-order chi connectivity index (χ1) is 9.19. The van der Waals surface area contributed by atoms with E-state index in [-0.39, 0.29) is 18.4 Å². The minimum absolute atomic E-state index is 0.0633. The van der Waals surface area contributed by atoms with Crippen molar-refractivity contribution in [1.82, 2.24) is 5.32 Å². The lowest BCUT2D eigenvalue weighted by molar-refractivity contribution is -0.120. The second kappa shape index (κ2) is 6.68. The molecule has 1 heterocycles. The van der Waals surface area contributed by atoms with Crippen LogP contribution in [0.15, 0.2) is 24.3 Å². The van der Waals surface area contributed by atoms with Crippen LogP contribution in [-0.4, -0.2) is 30.2 Å². The number of piperidine rings is 1. The summed E-state index contributed by atoms with van der Waals surface area (Å²) in [5.74, 6) is 0.155. The van der Waals surface area contributed by atoms with Crippen LogP contribution < -0.4 is 10.6 Å². The molecule has 0 spiro atoms. The van der Waals surface area contributed by atoms with Gasteiger partial charge in [0.15, 0.2) is 0 Å². The van der Waals surface area contributed by atoms with Crippen molar-refractivity contribution < 1.29 is 9.90 Å². The number of hydrogen-bond acceptors (Lipinski definition) is 3. The number of nitrogens with one attached hydrogen (secondary N) is 2. The number of aliphatic hydroxyl groups is 1. The predicted octanol–water partition coefficient (Wildman–Crippen LogP) is 1.55. The molecule has 104 valence electrons. The Labute approximate surface area is 114 Å². The Bertz CT molecular complexity index is 409. The number of aliphatic hydroxyl groups excluding tert-OH is 1. The van der Waals surface area contributed by atoms with E-state index in [1.807, 2.05) is 24.3 Å². The molecule has 4 heteroatoms. The number of amides is 1. The van der Waals surface area contributed by atoms with Crippen molar-refractivity contribution in [3.8, 4) is 0 Å². The van der Waals surface area contributed by atoms with Crippen LogP contribution in [-0.2, 0) is 11.2 Å². The summed E-state index contributed by atoms with van der Waals surface area (Å²) in [4.78, 5) is 12.1. The summed E-state index contributed by atoms with van der Waals surface area (Å²) in [6.45, 7) is 3.06. The third kappa shape index (κ3) is 4.04. The van der Waals surface area contributed by atoms with E-state index in [4.69, 9.17) is 5.11 Å². The van der Waals surface area contributed by atoms with Gasteiger partial charge in [-0.25, -0.2) is 0 Å². The van der Waals surface area contributed by atoms with E-state index < -0.39 is 0 Å². The number of anilines is 1. The fourth-order valence-corrected chi connectivity index (χ4v) is 2.35. The Morgan fingerprint density at radius 1 is 1.37 bits per heavy atom. The van der Waals surface area contributed by atoms with Gasteiger partial charge in [-0.2, -0.15) is 0 Å². The highest BCUT2D eigenvalue weighted by Gasteiger charge is 2.23. The molecule has 2 atom stereocenters. The van der Waals surface area contributed by atoms with Crippen LogP contribution in [0.25, 0.3) is 0 Å². The topological polar surface area (TPSA) is 61.4 Å². The van der Waals surface area contributed by atoms with E-state index in [1.165, 1.54) is 0 Å². The highest BCUT2D eigenvalue weighted by Crippen LogP contribution is 2.17. The van der Waals surface area contributed by atoms with Gasteiger partial charge in [-0.05, 0) is 43.9 Å². The zero-order valence-electron chi connectivity index (χ0n) is 11.4. The van der Waals surface area contributed by atoms with Crippen molar-refractivity contribution >= 4 is 11.6 Å². The Morgan fingerprint density at radius 3 is 2.68 bits per heavy atom. The third-order valence-corrected chi connectivity index (χ3v) is 3.65. The fraction of sp³-hybridized carbons (Fsp3) is 0.533. The first-order valence-corrected chi connectivity index (χ1v) is 6.93. The smallest absolute Gasteiger partial charge is 0.228 e. The Morgan fingerprint density at radius 2 is 2.11 bits per heavy atom. The fourth-order valence-electron chi connectivity index (χ4n) is 2.35. The summed E-state index contributed by atoms with van der Waals surface area (Å²) in [5, 5.41) is 15.1. The zero-order chi connectivity index (χ0) is 13.7. The maximum atomic E-state index is 12.1. The van der Waals surface area contributed by atoms with Crippen molar-refractivity contribution in [2.75, 3.05) is 18.5 Å². The van der Waals surface area contributed by atoms with E-state index >= 15 is 0 Å². The summed E-state index contributed by atoms with van der Waals surface area (Å²) in [6, 6.07) is 8.17. The zero-order valence-corrected chi connectivity index (χ0v) is 11.4. The van der Waals surface area contributed by atoms with Crippen molar-refractivity contribution in [3.63, 3.8) is 0 Å². The monoisotopic (exact) mass is 262 g/mol. The molecule has 1 aromatic carbocycles. The van der Waals surface area contributed by atoms with E-state index in [0.29, 0.717) is 12.5 Å². The highest BCUT2D eigenvalue weighted by atomic mass is 16.2. The molecule has 1 aromatic rings. The van der Waals surface area contributed by atoms with Gasteiger partial charge in [-0.3, -0.25) is 4.79 Å². The number of rotatable bonds is 4. The van der Waals surface area contributed by atoms with Gasteiger partial charge < -0.3 is 15.7 Å². The van der Waals surface area contributed by atoms with Crippen LogP contribution in [0.1, 0.15) is 25.3 Å². The number of carbonyl (C=O) groups excluding carboxylic acids is 1. The predicted molar refractivity (Wildman–Crippen MR) is 76.1 cm³/mol. The quantitative estimate of drug-likeness (QED) is 0.771. The SMILES string of the molecule is CC1CCC(C(=O)Nc2ccc(CCO)cc2)CN1. The van der Waals surface area contributed by atoms with Gasteiger partial charge in [0, 0.05) is 24.9 Å². The second-order valence-corrected chi connectivity index (χ2v) is 5.24. The van der Waals surface area contributed by atoms with Crippen LogP contribution >= 0.6 is 0 Å². The Kier molecular flexibility index (Phi) is 4.93. The van der Waals surface area contributed by atoms with Crippen LogP contribution in [0, 0.1) is 5.92 Å². The molecule has 1 fully saturated rings. The van der Waals surface area contributed by atoms with Gasteiger partial charge in [-0.1, -0.05) is 12.1 Å². The summed E-state index contributed by atoms with van der Waals surface area (Å²) < 4.78 is 0. The first-order valence-electron chi connectivity index (χ1n) is 6.93. The normalized spacial score (nSPS) is 23.1. The standard InChI is InChI=1S/C15H22N2O2/c1-11-2-5-13(10-16-11)15(19)17-14-6-3-12(4-7-14)8-9-18/h3-4,6-7,11,13,16,18H,2,5,8-10H2,1H3,(H,17,19). The molecule has 19 heavy (non-hydrogen) atoms. The van der Waals surface area contributed by atoms with Gasteiger partial charge in [-0.15, -0.1) is 0 Å². The van der Waals surface area contributed by atoms with Gasteiger partial charge in [0.25, 0.3) is 0 Å². The maximum absolute atomic E-state index is 12.1. The minimum Gasteiger partial charge on any atom is -0.396 e. The molecule has 1 saturated heterocycles. The average Bonchev–Trinajstić information content (AvgIpc) is 2.42. The number of hydrogen-bond donors (Lipinski definition) is 3. The summed E-state index contributed by atoms with van der Waals surface area (Å²) in [7, 11) is 0. The largest absolute Gasteiger partial charge is 0.396 e. The Hall–Kier alpha value is -1.39. The van der Waals surface area contributed by atoms with E-state index in [0.717, 1.165) is 30.6 Å². The molecule has 1 amide bonds. The van der Waals surface area contributed by atoms with Crippen LogP contribution in [0.2, 0.25) is 0 Å². The van der Waals surface area contributed by atoms with Crippen molar-refractivity contribution in [3.05, 3.63) is 29.8 Å². The highest BCUT2D eigenvalue weighted by molar-refractivity contribution is 5.92. The van der Waals surface area contributed by atoms with Crippen molar-refractivity contribution in [2.24, 2.45) is 5.92 Å². The Balaban J connectivity index is 1.88. The molecule has 1 aliphatic rings. The van der Waals surface area contributed by atoms with Gasteiger partial charge in [0.2, 0.25) is 5.91 Å². The van der Waals surface area contributed by atoms with Crippen LogP contribution in [0.3, 0.4) is 0 Å². The lowest BCUT2D eigenvalue weighted by atomic mass is 9.94. The van der Waals surface area contributed by atoms with Gasteiger partial charge in [0.1, 0.15) is 0 Å². The lowest BCUT2D eigenvalue weighted by Crippen LogP contribution is -2.41. The molecule has 0 aromatic heterocycles. The molecule has 0 bridgehead atoms. The minimum atomic E-state index is 0.0633. The molecule has 0 aliphatic carbocycles. The average molecular weight is 262 g/mol. The van der Waals surface area contributed by atoms with Crippen LogP contribution in [0.5, 0.6) is 0 Å². The molecule has 0 saturated carbocycles. The van der Waals surface area contributed by atoms with E-state index in [9.17, 15) is 4.79 Å². The molecule has 4 nitrogen and oxygen atoms in total. The molecular formula is C15H22N2O2. The molecule has 3 N–H and O–H groups in total. The first kappa shape index (κ1) is 14.0. The van der Waals surface area contributed by atoms with Crippen molar-refractivity contribution in [1.29, 1.82) is 0 Å². The summed E-state index contributed by atoms with van der Waals surface area (Å²) in [6.07, 6.45) is 2.65. The second-order valence-electron chi connectivity index (χ2n) is 5.24. The number of carbonyl (C=O) groups is 1. The van der Waals surface area contributed by atoms with Crippen LogP contribution in [0.4, 0.5) is 5.69 Å². The van der Waals surface area contributed by atoms with Gasteiger partial charge >= 0.3 is 0 Å². The molecule has 2 unspecified atom stereocenters. The molecule has 1 aliphatic heterocycles. The van der Waals surface area contributed by atoms with E-state index in [1.54, 1.807) is 0 Å². The van der Waals surface area contributed by atoms with E-state index in [2.05, 4.69) is 17.6 Å². The third-order valence-electron chi connectivity index (χ3n) is 3.65. The van der Waals surface area contributed by atoms with Gasteiger partial charge in [0.05, 0.1) is 5.92 Å². The maximum Gasteiger partial charge on any atom is 0.228 e. The lowest BCUT2D eigenvalue weighted by Gasteiger charge is -2.26.